The topological polar surface area (TPSA) is 98.7 Å². The fraction of sp³-hybridized carbons (Fsp3) is 0.200. The van der Waals surface area contributed by atoms with Crippen LogP contribution in [0.2, 0.25) is 0 Å². The summed E-state index contributed by atoms with van der Waals surface area (Å²) in [5.74, 6) is -1.96. The molecule has 0 aromatic heterocycles. The van der Waals surface area contributed by atoms with Gasteiger partial charge in [0, 0.05) is 0 Å². The second kappa shape index (κ2) is 5.59. The summed E-state index contributed by atoms with van der Waals surface area (Å²) in [5.41, 5.74) is 1.12. The lowest BCUT2D eigenvalue weighted by Crippen LogP contribution is -2.16. The lowest BCUT2D eigenvalue weighted by atomic mass is 10.2. The largest absolute Gasteiger partial charge is 0.480 e. The van der Waals surface area contributed by atoms with E-state index in [1.807, 2.05) is 0 Å². The van der Waals surface area contributed by atoms with E-state index in [0.717, 1.165) is 0 Å². The number of para-hydroxylation sites is 2. The Hall–Kier alpha value is -2.24. The van der Waals surface area contributed by atoms with Crippen LogP contribution in [0.1, 0.15) is 0 Å². The number of nitrogens with one attached hydrogen (secondary N) is 2. The van der Waals surface area contributed by atoms with Crippen molar-refractivity contribution >= 4 is 23.3 Å². The molecule has 1 aromatic carbocycles. The Morgan fingerprint density at radius 1 is 0.938 bits per heavy atom. The van der Waals surface area contributed by atoms with Crippen LogP contribution < -0.4 is 10.6 Å². The van der Waals surface area contributed by atoms with Crippen molar-refractivity contribution in [2.45, 2.75) is 0 Å². The average Bonchev–Trinajstić information content (AvgIpc) is 2.24. The summed E-state index contributed by atoms with van der Waals surface area (Å²) in [4.78, 5) is 20.7. The highest BCUT2D eigenvalue weighted by Gasteiger charge is 2.04. The number of hydrogen-bond donors (Lipinski definition) is 4. The molecule has 0 spiro atoms. The first-order chi connectivity index (χ1) is 7.59. The average molecular weight is 224 g/mol. The molecule has 0 radical (unpaired) electrons. The molecule has 0 aliphatic carbocycles. The van der Waals surface area contributed by atoms with E-state index in [9.17, 15) is 9.59 Å². The number of rotatable bonds is 6. The van der Waals surface area contributed by atoms with Crippen LogP contribution in [0.5, 0.6) is 0 Å². The number of carboxylic acid groups (broad SMARTS) is 2. The number of carbonyl (C=O) groups is 2. The Morgan fingerprint density at radius 3 is 1.62 bits per heavy atom. The molecule has 86 valence electrons. The van der Waals surface area contributed by atoms with Gasteiger partial charge in [-0.05, 0) is 12.1 Å². The molecule has 0 aliphatic rings. The van der Waals surface area contributed by atoms with Gasteiger partial charge in [-0.15, -0.1) is 0 Å². The molecule has 0 amide bonds. The van der Waals surface area contributed by atoms with Crippen molar-refractivity contribution in [3.05, 3.63) is 24.3 Å². The van der Waals surface area contributed by atoms with Gasteiger partial charge in [-0.25, -0.2) is 0 Å². The highest BCUT2D eigenvalue weighted by atomic mass is 16.4. The van der Waals surface area contributed by atoms with Gasteiger partial charge in [-0.2, -0.15) is 0 Å². The Kier molecular flexibility index (Phi) is 4.14. The van der Waals surface area contributed by atoms with Crippen molar-refractivity contribution in [2.75, 3.05) is 23.7 Å². The second-order valence-corrected chi connectivity index (χ2v) is 3.04. The van der Waals surface area contributed by atoms with E-state index in [1.54, 1.807) is 24.3 Å². The molecular weight excluding hydrogens is 212 g/mol. The van der Waals surface area contributed by atoms with Crippen molar-refractivity contribution in [1.82, 2.24) is 0 Å². The molecule has 0 heterocycles. The molecule has 0 saturated carbocycles. The van der Waals surface area contributed by atoms with Crippen molar-refractivity contribution in [1.29, 1.82) is 0 Å². The minimum absolute atomic E-state index is 0.217. The van der Waals surface area contributed by atoms with Crippen LogP contribution in [-0.2, 0) is 9.59 Å². The van der Waals surface area contributed by atoms with Gasteiger partial charge >= 0.3 is 11.9 Å². The summed E-state index contributed by atoms with van der Waals surface area (Å²) in [6, 6.07) is 6.81. The van der Waals surface area contributed by atoms with E-state index in [1.165, 1.54) is 0 Å². The zero-order valence-electron chi connectivity index (χ0n) is 8.43. The molecule has 6 nitrogen and oxygen atoms in total. The van der Waals surface area contributed by atoms with Gasteiger partial charge in [-0.3, -0.25) is 9.59 Å². The highest BCUT2D eigenvalue weighted by Crippen LogP contribution is 2.20. The van der Waals surface area contributed by atoms with Crippen LogP contribution in [0, 0.1) is 0 Å². The molecule has 6 heteroatoms. The van der Waals surface area contributed by atoms with Crippen molar-refractivity contribution < 1.29 is 19.8 Å². The first-order valence-corrected chi connectivity index (χ1v) is 4.60. The molecule has 4 N–H and O–H groups in total. The third-order valence-corrected chi connectivity index (χ3v) is 1.79. The Balaban J connectivity index is 2.67. The van der Waals surface area contributed by atoms with Crippen LogP contribution >= 0.6 is 0 Å². The van der Waals surface area contributed by atoms with Gasteiger partial charge in [-0.1, -0.05) is 12.1 Å². The van der Waals surface area contributed by atoms with E-state index in [-0.39, 0.29) is 13.1 Å². The third-order valence-electron chi connectivity index (χ3n) is 1.79. The van der Waals surface area contributed by atoms with Crippen LogP contribution in [0.4, 0.5) is 11.4 Å². The lowest BCUT2D eigenvalue weighted by molar-refractivity contribution is -0.136. The van der Waals surface area contributed by atoms with Crippen LogP contribution in [0.25, 0.3) is 0 Å². The van der Waals surface area contributed by atoms with Gasteiger partial charge in [0.05, 0.1) is 11.4 Å². The quantitative estimate of drug-likeness (QED) is 0.567. The lowest BCUT2D eigenvalue weighted by Gasteiger charge is -2.11. The number of carboxylic acids is 2. The first-order valence-electron chi connectivity index (χ1n) is 4.60. The predicted octanol–water partition coefficient (Wildman–Crippen LogP) is 0.680. The van der Waals surface area contributed by atoms with Gasteiger partial charge < -0.3 is 20.8 Å². The van der Waals surface area contributed by atoms with Gasteiger partial charge in [0.2, 0.25) is 0 Å². The zero-order chi connectivity index (χ0) is 12.0. The van der Waals surface area contributed by atoms with Gasteiger partial charge in [0.15, 0.2) is 0 Å². The summed E-state index contributed by atoms with van der Waals surface area (Å²) in [6.45, 7) is -0.433. The normalized spacial score (nSPS) is 9.50. The summed E-state index contributed by atoms with van der Waals surface area (Å²) in [5, 5.41) is 22.4. The summed E-state index contributed by atoms with van der Waals surface area (Å²) < 4.78 is 0. The maximum atomic E-state index is 10.4. The minimum Gasteiger partial charge on any atom is -0.480 e. The van der Waals surface area contributed by atoms with E-state index in [2.05, 4.69) is 10.6 Å². The molecule has 0 unspecified atom stereocenters. The van der Waals surface area contributed by atoms with Crippen molar-refractivity contribution in [2.24, 2.45) is 0 Å². The van der Waals surface area contributed by atoms with Crippen LogP contribution in [-0.4, -0.2) is 35.2 Å². The first kappa shape index (κ1) is 11.8. The maximum absolute atomic E-state index is 10.4. The number of anilines is 2. The summed E-state index contributed by atoms with van der Waals surface area (Å²) >= 11 is 0. The number of benzene rings is 1. The predicted molar refractivity (Wildman–Crippen MR) is 58.7 cm³/mol. The molecule has 0 aliphatic heterocycles. The second-order valence-electron chi connectivity index (χ2n) is 3.04. The molecule has 1 rings (SSSR count). The van der Waals surface area contributed by atoms with E-state index < -0.39 is 11.9 Å². The minimum atomic E-state index is -0.979. The Labute approximate surface area is 91.9 Å². The van der Waals surface area contributed by atoms with Gasteiger partial charge in [0.1, 0.15) is 13.1 Å². The Bertz CT molecular complexity index is 355. The monoisotopic (exact) mass is 224 g/mol. The van der Waals surface area contributed by atoms with Crippen LogP contribution in [0.15, 0.2) is 24.3 Å². The SMILES string of the molecule is O=C(O)CNc1ccccc1NCC(=O)O. The number of hydrogen-bond acceptors (Lipinski definition) is 4. The molecule has 0 saturated heterocycles. The Morgan fingerprint density at radius 2 is 1.31 bits per heavy atom. The van der Waals surface area contributed by atoms with E-state index >= 15 is 0 Å². The molecule has 16 heavy (non-hydrogen) atoms. The van der Waals surface area contributed by atoms with Gasteiger partial charge in [0.25, 0.3) is 0 Å². The van der Waals surface area contributed by atoms with E-state index in [0.29, 0.717) is 11.4 Å². The standard InChI is InChI=1S/C10H12N2O4/c13-9(14)5-11-7-3-1-2-4-8(7)12-6-10(15)16/h1-4,11-12H,5-6H2,(H,13,14)(H,15,16). The molecular formula is C10H12N2O4. The van der Waals surface area contributed by atoms with E-state index in [4.69, 9.17) is 10.2 Å². The van der Waals surface area contributed by atoms with Crippen molar-refractivity contribution in [3.63, 3.8) is 0 Å². The van der Waals surface area contributed by atoms with Crippen LogP contribution in [0.3, 0.4) is 0 Å². The fourth-order valence-electron chi connectivity index (χ4n) is 1.13. The highest BCUT2D eigenvalue weighted by molar-refractivity contribution is 5.79. The smallest absolute Gasteiger partial charge is 0.322 e. The third kappa shape index (κ3) is 3.87. The zero-order valence-corrected chi connectivity index (χ0v) is 8.43. The number of aliphatic carboxylic acids is 2. The molecule has 0 atom stereocenters. The molecule has 0 bridgehead atoms. The van der Waals surface area contributed by atoms with Crippen molar-refractivity contribution in [3.8, 4) is 0 Å². The summed E-state index contributed by atoms with van der Waals surface area (Å²) in [7, 11) is 0. The molecule has 1 aromatic rings. The maximum Gasteiger partial charge on any atom is 0.322 e. The fourth-order valence-corrected chi connectivity index (χ4v) is 1.13. The molecule has 0 fully saturated rings. The summed E-state index contributed by atoms with van der Waals surface area (Å²) in [6.07, 6.45) is 0.